The molecule has 0 amide bonds. The van der Waals surface area contributed by atoms with Crippen LogP contribution >= 0.6 is 0 Å². The summed E-state index contributed by atoms with van der Waals surface area (Å²) in [5.41, 5.74) is 26.1. The van der Waals surface area contributed by atoms with E-state index in [9.17, 15) is 0 Å². The Morgan fingerprint density at radius 3 is 0.866 bits per heavy atom. The van der Waals surface area contributed by atoms with Gasteiger partial charge in [-0.15, -0.1) is 0 Å². The molecule has 0 fully saturated rings. The average molecular weight is 859 g/mol. The Morgan fingerprint density at radius 1 is 0.239 bits per heavy atom. The first-order valence-corrected chi connectivity index (χ1v) is 23.4. The largest absolute Gasteiger partial charge is 0.310 e. The minimum Gasteiger partial charge on any atom is -0.310 e. The topological polar surface area (TPSA) is 6.48 Å². The van der Waals surface area contributed by atoms with Crippen LogP contribution < -0.4 is 9.80 Å². The lowest BCUT2D eigenvalue weighted by molar-refractivity contribution is 0.794. The van der Waals surface area contributed by atoms with E-state index >= 15 is 0 Å². The highest BCUT2D eigenvalue weighted by Gasteiger charge is 2.52. The van der Waals surface area contributed by atoms with Crippen molar-refractivity contribution >= 4 is 34.1 Å². The van der Waals surface area contributed by atoms with Crippen molar-refractivity contribution in [3.05, 3.63) is 275 Å². The van der Waals surface area contributed by atoms with Crippen LogP contribution in [-0.4, -0.2) is 0 Å². The highest BCUT2D eigenvalue weighted by atomic mass is 15.1. The van der Waals surface area contributed by atoms with Crippen molar-refractivity contribution in [2.24, 2.45) is 0 Å². The molecule has 2 aliphatic carbocycles. The molecule has 1 spiro atoms. The van der Waals surface area contributed by atoms with Gasteiger partial charge < -0.3 is 9.80 Å². The number of nitrogens with zero attached hydrogens (tertiary/aromatic N) is 2. The van der Waals surface area contributed by atoms with Gasteiger partial charge in [-0.1, -0.05) is 146 Å². The van der Waals surface area contributed by atoms with Crippen LogP contribution in [0.15, 0.2) is 231 Å². The highest BCUT2D eigenvalue weighted by molar-refractivity contribution is 5.99. The molecule has 0 saturated carbocycles. The van der Waals surface area contributed by atoms with Gasteiger partial charge in [0.15, 0.2) is 0 Å². The van der Waals surface area contributed by atoms with E-state index in [1.807, 2.05) is 0 Å². The van der Waals surface area contributed by atoms with Crippen molar-refractivity contribution in [2.75, 3.05) is 9.80 Å². The number of rotatable bonds is 8. The van der Waals surface area contributed by atoms with Crippen molar-refractivity contribution < 1.29 is 0 Å². The molecule has 0 N–H and O–H groups in total. The second-order valence-electron chi connectivity index (χ2n) is 18.5. The van der Waals surface area contributed by atoms with Crippen LogP contribution in [0.4, 0.5) is 34.1 Å². The molecule has 10 aromatic carbocycles. The molecule has 0 heterocycles. The number of hydrogen-bond acceptors (Lipinski definition) is 2. The lowest BCUT2D eigenvalue weighted by Crippen LogP contribution is -2.27. The second-order valence-corrected chi connectivity index (χ2v) is 18.5. The molecule has 0 unspecified atom stereocenters. The molecular weight excluding hydrogens is 809 g/mol. The van der Waals surface area contributed by atoms with Gasteiger partial charge in [-0.2, -0.15) is 0 Å². The lowest BCUT2D eigenvalue weighted by atomic mass is 9.69. The van der Waals surface area contributed by atoms with E-state index in [0.29, 0.717) is 0 Å². The van der Waals surface area contributed by atoms with Crippen LogP contribution in [0, 0.1) is 27.7 Å². The Labute approximate surface area is 394 Å². The maximum atomic E-state index is 2.52. The first kappa shape index (κ1) is 40.3. The van der Waals surface area contributed by atoms with E-state index in [-0.39, 0.29) is 0 Å². The fourth-order valence-corrected chi connectivity index (χ4v) is 11.1. The van der Waals surface area contributed by atoms with Crippen LogP contribution in [0.5, 0.6) is 0 Å². The molecule has 12 rings (SSSR count). The number of hydrogen-bond donors (Lipinski definition) is 0. The third-order valence-corrected chi connectivity index (χ3v) is 14.0. The summed E-state index contributed by atoms with van der Waals surface area (Å²) in [6.07, 6.45) is 0. The van der Waals surface area contributed by atoms with Crippen molar-refractivity contribution in [2.45, 2.75) is 33.1 Å². The van der Waals surface area contributed by atoms with Gasteiger partial charge in [0.05, 0.1) is 5.41 Å². The molecular formula is C65H50N2. The van der Waals surface area contributed by atoms with Gasteiger partial charge in [-0.05, 0) is 202 Å². The van der Waals surface area contributed by atoms with Crippen LogP contribution in [0.2, 0.25) is 0 Å². The summed E-state index contributed by atoms with van der Waals surface area (Å²) in [6, 6.07) is 86.2. The summed E-state index contributed by atoms with van der Waals surface area (Å²) >= 11 is 0. The third-order valence-electron chi connectivity index (χ3n) is 14.0. The Bertz CT molecular complexity index is 3200. The van der Waals surface area contributed by atoms with Crippen LogP contribution in [0.25, 0.3) is 44.5 Å². The molecule has 2 aliphatic rings. The minimum absolute atomic E-state index is 0.674. The Hall–Kier alpha value is -8.20. The molecule has 67 heavy (non-hydrogen) atoms. The maximum Gasteiger partial charge on any atom is 0.0727 e. The Morgan fingerprint density at radius 2 is 0.537 bits per heavy atom. The first-order valence-electron chi connectivity index (χ1n) is 23.4. The zero-order valence-electron chi connectivity index (χ0n) is 38.3. The summed E-state index contributed by atoms with van der Waals surface area (Å²) < 4.78 is 0. The van der Waals surface area contributed by atoms with E-state index in [2.05, 4.69) is 268 Å². The summed E-state index contributed by atoms with van der Waals surface area (Å²) in [6.45, 7) is 8.73. The molecule has 0 radical (unpaired) electrons. The van der Waals surface area contributed by atoms with E-state index in [0.717, 1.165) is 34.1 Å². The summed E-state index contributed by atoms with van der Waals surface area (Å²) in [5, 5.41) is 0. The molecule has 0 bridgehead atoms. The van der Waals surface area contributed by atoms with E-state index in [1.165, 1.54) is 89.0 Å². The Kier molecular flexibility index (Phi) is 9.66. The van der Waals surface area contributed by atoms with Gasteiger partial charge >= 0.3 is 0 Å². The van der Waals surface area contributed by atoms with E-state index < -0.39 is 5.41 Å². The first-order chi connectivity index (χ1) is 32.8. The van der Waals surface area contributed by atoms with Crippen LogP contribution in [-0.2, 0) is 5.41 Å². The van der Waals surface area contributed by atoms with Crippen molar-refractivity contribution in [1.29, 1.82) is 0 Å². The molecule has 0 aliphatic heterocycles. The van der Waals surface area contributed by atoms with Crippen molar-refractivity contribution in [3.63, 3.8) is 0 Å². The number of anilines is 6. The third kappa shape index (κ3) is 6.71. The van der Waals surface area contributed by atoms with E-state index in [4.69, 9.17) is 0 Å². The number of aryl methyl sites for hydroxylation is 4. The molecule has 10 aromatic rings. The summed E-state index contributed by atoms with van der Waals surface area (Å²) in [7, 11) is 0. The zero-order valence-corrected chi connectivity index (χ0v) is 38.3. The fourth-order valence-electron chi connectivity index (χ4n) is 11.1. The fraction of sp³-hybridized carbons (Fsp3) is 0.0769. The number of benzene rings is 10. The average Bonchev–Trinajstić information content (AvgIpc) is 3.81. The molecule has 0 saturated heterocycles. The summed E-state index contributed by atoms with van der Waals surface area (Å²) in [5.74, 6) is 0. The highest BCUT2D eigenvalue weighted by Crippen LogP contribution is 2.65. The van der Waals surface area contributed by atoms with Gasteiger partial charge in [0, 0.05) is 34.1 Å². The molecule has 320 valence electrons. The van der Waals surface area contributed by atoms with Crippen LogP contribution in [0.3, 0.4) is 0 Å². The number of fused-ring (bicyclic) bond motifs is 10. The van der Waals surface area contributed by atoms with Crippen LogP contribution in [0.1, 0.15) is 44.5 Å². The summed E-state index contributed by atoms with van der Waals surface area (Å²) in [4.78, 5) is 4.88. The quantitative estimate of drug-likeness (QED) is 0.150. The van der Waals surface area contributed by atoms with Gasteiger partial charge in [-0.25, -0.2) is 0 Å². The van der Waals surface area contributed by atoms with Gasteiger partial charge in [-0.3, -0.25) is 0 Å². The molecule has 2 heteroatoms. The van der Waals surface area contributed by atoms with Crippen molar-refractivity contribution in [3.8, 4) is 44.5 Å². The molecule has 0 aromatic heterocycles. The van der Waals surface area contributed by atoms with Gasteiger partial charge in [0.25, 0.3) is 0 Å². The van der Waals surface area contributed by atoms with E-state index in [1.54, 1.807) is 0 Å². The van der Waals surface area contributed by atoms with Gasteiger partial charge in [0.2, 0.25) is 0 Å². The predicted molar refractivity (Wildman–Crippen MR) is 282 cm³/mol. The molecule has 0 atom stereocenters. The molecule has 2 nitrogen and oxygen atoms in total. The van der Waals surface area contributed by atoms with Crippen molar-refractivity contribution in [1.82, 2.24) is 0 Å². The predicted octanol–water partition coefficient (Wildman–Crippen LogP) is 17.5. The normalized spacial score (nSPS) is 12.6. The van der Waals surface area contributed by atoms with Gasteiger partial charge in [0.1, 0.15) is 0 Å². The zero-order chi connectivity index (χ0) is 45.2. The monoisotopic (exact) mass is 858 g/mol. The lowest BCUT2D eigenvalue weighted by Gasteiger charge is -2.34. The standard InChI is InChI=1S/C65H50N2/c1-43-15-11-23-51(35-43)66(52-24-12-16-44(2)36-52)55-29-33-59-60-34-30-56(67(53-25-13-17-45(3)37-53)54-26-14-18-46(4)38-54)42-64(60)65(63(59)41-55)61-39-49(47-19-7-5-8-20-47)27-31-57(61)58-32-28-50(40-62(58)65)48-21-9-6-10-22-48/h5-42H,1-4H3. The smallest absolute Gasteiger partial charge is 0.0727 e. The SMILES string of the molecule is Cc1cccc(N(c2cccc(C)c2)c2ccc3c(c2)C2(c4cc(-c5ccccc5)ccc4-c4ccc(-c5ccccc5)cc42)c2cc(N(c4cccc(C)c4)c4cccc(C)c4)ccc2-3)c1. The second kappa shape index (κ2) is 16.0. The minimum atomic E-state index is -0.674. The maximum absolute atomic E-state index is 2.52. The Balaban J connectivity index is 1.19.